The van der Waals surface area contributed by atoms with E-state index in [0.29, 0.717) is 0 Å². The minimum absolute atomic E-state index is 0.823. The van der Waals surface area contributed by atoms with Gasteiger partial charge in [-0.2, -0.15) is 0 Å². The number of nitrogens with zero attached hydrogens (tertiary/aromatic N) is 3. The van der Waals surface area contributed by atoms with Crippen molar-refractivity contribution in [2.24, 2.45) is 0 Å². The van der Waals surface area contributed by atoms with Crippen LogP contribution in [0.3, 0.4) is 0 Å². The van der Waals surface area contributed by atoms with Crippen LogP contribution in [-0.2, 0) is 0 Å². The zero-order valence-corrected chi connectivity index (χ0v) is 9.30. The summed E-state index contributed by atoms with van der Waals surface area (Å²) in [5.74, 6) is 0.823. The van der Waals surface area contributed by atoms with E-state index in [-0.39, 0.29) is 0 Å². The van der Waals surface area contributed by atoms with Crippen LogP contribution in [0.5, 0.6) is 0 Å². The van der Waals surface area contributed by atoms with Gasteiger partial charge < -0.3 is 0 Å². The van der Waals surface area contributed by atoms with Gasteiger partial charge in [0.05, 0.1) is 15.9 Å². The van der Waals surface area contributed by atoms with Gasteiger partial charge in [-0.15, -0.1) is 11.3 Å². The minimum atomic E-state index is 0.823. The fourth-order valence-electron chi connectivity index (χ4n) is 1.76. The Bertz CT molecular complexity index is 657. The number of hydrogen-bond donors (Lipinski definition) is 0. The number of thiophene rings is 1. The van der Waals surface area contributed by atoms with Gasteiger partial charge in [0.1, 0.15) is 10.7 Å². The number of rotatable bonds is 0. The van der Waals surface area contributed by atoms with Crippen molar-refractivity contribution < 1.29 is 0 Å². The molecule has 74 valence electrons. The molecule has 0 aliphatic carbocycles. The highest BCUT2D eigenvalue weighted by molar-refractivity contribution is 7.25. The Kier molecular flexibility index (Phi) is 1.73. The standard InChI is InChI=1S/C11H9N3S/c1-6-10-9(14-7(2)13-6)8-4-3-5-12-11(8)15-10/h3-5H,1-2H3. The van der Waals surface area contributed by atoms with Crippen molar-refractivity contribution in [1.82, 2.24) is 15.0 Å². The van der Waals surface area contributed by atoms with Gasteiger partial charge in [-0.25, -0.2) is 15.0 Å². The molecular weight excluding hydrogens is 206 g/mol. The van der Waals surface area contributed by atoms with Crippen LogP contribution < -0.4 is 0 Å². The molecule has 0 bridgehead atoms. The first-order chi connectivity index (χ1) is 7.25. The van der Waals surface area contributed by atoms with Crippen LogP contribution in [-0.4, -0.2) is 15.0 Å². The smallest absolute Gasteiger partial charge is 0.126 e. The van der Waals surface area contributed by atoms with E-state index in [2.05, 4.69) is 21.0 Å². The summed E-state index contributed by atoms with van der Waals surface area (Å²) in [5, 5.41) is 1.13. The predicted octanol–water partition coefficient (Wildman–Crippen LogP) is 2.86. The summed E-state index contributed by atoms with van der Waals surface area (Å²) in [4.78, 5) is 14.2. The Morgan fingerprint density at radius 1 is 1.20 bits per heavy atom. The van der Waals surface area contributed by atoms with Gasteiger partial charge >= 0.3 is 0 Å². The van der Waals surface area contributed by atoms with Crippen LogP contribution in [0.25, 0.3) is 20.4 Å². The first-order valence-corrected chi connectivity index (χ1v) is 5.56. The lowest BCUT2D eigenvalue weighted by molar-refractivity contribution is 1.06. The Balaban J connectivity index is 2.61. The Hall–Kier alpha value is -1.55. The van der Waals surface area contributed by atoms with E-state index in [1.807, 2.05) is 26.1 Å². The van der Waals surface area contributed by atoms with Crippen molar-refractivity contribution in [3.8, 4) is 0 Å². The van der Waals surface area contributed by atoms with Crippen molar-refractivity contribution in [3.63, 3.8) is 0 Å². The molecule has 0 radical (unpaired) electrons. The number of pyridine rings is 1. The Morgan fingerprint density at radius 3 is 2.93 bits per heavy atom. The highest BCUT2D eigenvalue weighted by Crippen LogP contribution is 2.32. The van der Waals surface area contributed by atoms with Gasteiger partial charge in [-0.05, 0) is 26.0 Å². The highest BCUT2D eigenvalue weighted by Gasteiger charge is 2.09. The molecule has 0 amide bonds. The topological polar surface area (TPSA) is 38.7 Å². The summed E-state index contributed by atoms with van der Waals surface area (Å²) in [6.07, 6.45) is 1.81. The van der Waals surface area contributed by atoms with Crippen LogP contribution in [0.15, 0.2) is 18.3 Å². The zero-order valence-electron chi connectivity index (χ0n) is 8.48. The van der Waals surface area contributed by atoms with Crippen LogP contribution in [0.2, 0.25) is 0 Å². The zero-order chi connectivity index (χ0) is 10.4. The van der Waals surface area contributed by atoms with Gasteiger partial charge in [-0.1, -0.05) is 0 Å². The number of aromatic nitrogens is 3. The third kappa shape index (κ3) is 1.22. The molecule has 0 unspecified atom stereocenters. The molecule has 0 saturated carbocycles. The summed E-state index contributed by atoms with van der Waals surface area (Å²) >= 11 is 1.66. The maximum absolute atomic E-state index is 4.48. The van der Waals surface area contributed by atoms with Gasteiger partial charge in [0.2, 0.25) is 0 Å². The molecule has 0 aliphatic rings. The van der Waals surface area contributed by atoms with Crippen LogP contribution in [0.1, 0.15) is 11.5 Å². The first-order valence-electron chi connectivity index (χ1n) is 4.74. The second kappa shape index (κ2) is 2.97. The van der Waals surface area contributed by atoms with E-state index in [9.17, 15) is 0 Å². The molecule has 0 saturated heterocycles. The number of fused-ring (bicyclic) bond motifs is 3. The molecule has 0 aromatic carbocycles. The van der Waals surface area contributed by atoms with E-state index >= 15 is 0 Å². The maximum atomic E-state index is 4.48. The SMILES string of the molecule is Cc1nc(C)c2sc3ncccc3c2n1. The fourth-order valence-corrected chi connectivity index (χ4v) is 2.78. The van der Waals surface area contributed by atoms with E-state index in [4.69, 9.17) is 0 Å². The second-order valence-corrected chi connectivity index (χ2v) is 4.49. The quantitative estimate of drug-likeness (QED) is 0.578. The van der Waals surface area contributed by atoms with Crippen LogP contribution in [0.4, 0.5) is 0 Å². The van der Waals surface area contributed by atoms with Crippen molar-refractivity contribution in [3.05, 3.63) is 29.8 Å². The van der Waals surface area contributed by atoms with Gasteiger partial charge in [0, 0.05) is 11.6 Å². The first kappa shape index (κ1) is 8.73. The van der Waals surface area contributed by atoms with E-state index in [1.165, 1.54) is 0 Å². The maximum Gasteiger partial charge on any atom is 0.126 e. The largest absolute Gasteiger partial charge is 0.245 e. The highest BCUT2D eigenvalue weighted by atomic mass is 32.1. The molecule has 3 heterocycles. The third-order valence-corrected chi connectivity index (χ3v) is 3.58. The van der Waals surface area contributed by atoms with E-state index in [0.717, 1.165) is 32.0 Å². The van der Waals surface area contributed by atoms with Crippen molar-refractivity contribution in [1.29, 1.82) is 0 Å². The Morgan fingerprint density at radius 2 is 2.07 bits per heavy atom. The third-order valence-electron chi connectivity index (χ3n) is 2.37. The van der Waals surface area contributed by atoms with Gasteiger partial charge in [0.15, 0.2) is 0 Å². The van der Waals surface area contributed by atoms with Crippen molar-refractivity contribution >= 4 is 31.8 Å². The average Bonchev–Trinajstić information content (AvgIpc) is 2.57. The normalized spacial score (nSPS) is 11.3. The summed E-state index contributed by atoms with van der Waals surface area (Å²) in [6, 6.07) is 4.01. The lowest BCUT2D eigenvalue weighted by Gasteiger charge is -1.96. The van der Waals surface area contributed by atoms with E-state index in [1.54, 1.807) is 11.3 Å². The van der Waals surface area contributed by atoms with Crippen molar-refractivity contribution in [2.75, 3.05) is 0 Å². The van der Waals surface area contributed by atoms with Crippen molar-refractivity contribution in [2.45, 2.75) is 13.8 Å². The summed E-state index contributed by atoms with van der Waals surface area (Å²) in [6.45, 7) is 3.94. The number of aryl methyl sites for hydroxylation is 2. The molecule has 3 rings (SSSR count). The summed E-state index contributed by atoms with van der Waals surface area (Å²) in [5.41, 5.74) is 2.08. The van der Waals surface area contributed by atoms with Gasteiger partial charge in [0.25, 0.3) is 0 Å². The molecule has 3 aromatic heterocycles. The fraction of sp³-hybridized carbons (Fsp3) is 0.182. The molecule has 0 fully saturated rings. The minimum Gasteiger partial charge on any atom is -0.245 e. The van der Waals surface area contributed by atoms with Gasteiger partial charge in [-0.3, -0.25) is 0 Å². The average molecular weight is 215 g/mol. The summed E-state index contributed by atoms with van der Waals surface area (Å²) in [7, 11) is 0. The molecule has 3 nitrogen and oxygen atoms in total. The molecule has 0 atom stereocenters. The lowest BCUT2D eigenvalue weighted by atomic mass is 10.3. The number of hydrogen-bond acceptors (Lipinski definition) is 4. The molecule has 0 spiro atoms. The second-order valence-electron chi connectivity index (χ2n) is 3.49. The molecule has 4 heteroatoms. The lowest BCUT2D eigenvalue weighted by Crippen LogP contribution is -1.89. The molecular formula is C11H9N3S. The molecule has 0 N–H and O–H groups in total. The Labute approximate surface area is 90.8 Å². The molecule has 15 heavy (non-hydrogen) atoms. The van der Waals surface area contributed by atoms with E-state index < -0.39 is 0 Å². The predicted molar refractivity (Wildman–Crippen MR) is 62.2 cm³/mol. The summed E-state index contributed by atoms with van der Waals surface area (Å²) < 4.78 is 1.15. The van der Waals surface area contributed by atoms with Crippen LogP contribution in [0, 0.1) is 13.8 Å². The monoisotopic (exact) mass is 215 g/mol. The molecule has 0 aliphatic heterocycles. The van der Waals surface area contributed by atoms with Crippen LogP contribution >= 0.6 is 11.3 Å². The molecule has 3 aromatic rings.